The van der Waals surface area contributed by atoms with Gasteiger partial charge in [-0.1, -0.05) is 55.9 Å². The molecule has 1 rings (SSSR count). The molecule has 1 fully saturated rings. The molecule has 0 aliphatic carbocycles. The molecule has 0 aromatic heterocycles. The first-order valence-electron chi connectivity index (χ1n) is 7.02. The van der Waals surface area contributed by atoms with Crippen LogP contribution in [0, 0.1) is 11.8 Å². The third-order valence-electron chi connectivity index (χ3n) is 3.72. The Kier molecular flexibility index (Phi) is 6.62. The maximum absolute atomic E-state index is 6.16. The van der Waals surface area contributed by atoms with Gasteiger partial charge in [-0.2, -0.15) is 0 Å². The number of hydrogen-bond donors (Lipinski definition) is 0. The molecule has 2 nitrogen and oxygen atoms in total. The van der Waals surface area contributed by atoms with Crippen molar-refractivity contribution >= 4 is 22.6 Å². The van der Waals surface area contributed by atoms with Gasteiger partial charge in [0.2, 0.25) is 0 Å². The summed E-state index contributed by atoms with van der Waals surface area (Å²) in [6.07, 6.45) is 6.18. The molecule has 1 aliphatic rings. The molecule has 0 N–H and O–H groups in total. The van der Waals surface area contributed by atoms with E-state index in [1.165, 1.54) is 12.8 Å². The van der Waals surface area contributed by atoms with Crippen LogP contribution in [0.2, 0.25) is 0 Å². The van der Waals surface area contributed by atoms with Crippen LogP contribution in [0.15, 0.2) is 10.2 Å². The predicted molar refractivity (Wildman–Crippen MR) is 84.8 cm³/mol. The van der Waals surface area contributed by atoms with Gasteiger partial charge in [-0.25, -0.2) is 0 Å². The summed E-state index contributed by atoms with van der Waals surface area (Å²) in [5.74, 6) is 0.592. The molecule has 0 saturated carbocycles. The van der Waals surface area contributed by atoms with Crippen LogP contribution in [0.25, 0.3) is 0 Å². The van der Waals surface area contributed by atoms with E-state index in [0.717, 1.165) is 6.42 Å². The molecule has 3 heteroatoms. The first-order valence-corrected chi connectivity index (χ1v) is 8.26. The summed E-state index contributed by atoms with van der Waals surface area (Å²) in [6, 6.07) is 0. The van der Waals surface area contributed by atoms with Crippen LogP contribution in [0.1, 0.15) is 53.9 Å². The Hall–Kier alpha value is 0.390. The average molecular weight is 366 g/mol. The Balaban J connectivity index is 2.76. The quantitative estimate of drug-likeness (QED) is 0.643. The van der Waals surface area contributed by atoms with E-state index >= 15 is 0 Å². The molecule has 1 aliphatic heterocycles. The maximum atomic E-state index is 6.16. The predicted octanol–water partition coefficient (Wildman–Crippen LogP) is 4.92. The molecule has 18 heavy (non-hydrogen) atoms. The summed E-state index contributed by atoms with van der Waals surface area (Å²) in [4.78, 5) is 0. The van der Waals surface area contributed by atoms with Crippen molar-refractivity contribution in [3.05, 3.63) is 10.2 Å². The lowest BCUT2D eigenvalue weighted by molar-refractivity contribution is -0.326. The fraction of sp³-hybridized carbons (Fsp3) is 0.867. The number of hydrogen-bond acceptors (Lipinski definition) is 2. The van der Waals surface area contributed by atoms with Gasteiger partial charge in [-0.15, -0.1) is 0 Å². The van der Waals surface area contributed by atoms with Gasteiger partial charge in [0.25, 0.3) is 0 Å². The van der Waals surface area contributed by atoms with Crippen molar-refractivity contribution < 1.29 is 9.47 Å². The summed E-state index contributed by atoms with van der Waals surface area (Å²) < 4.78 is 14.3. The second-order valence-electron chi connectivity index (χ2n) is 5.86. The van der Waals surface area contributed by atoms with Crippen LogP contribution in [0.3, 0.4) is 0 Å². The van der Waals surface area contributed by atoms with Crippen LogP contribution < -0.4 is 0 Å². The zero-order valence-corrected chi connectivity index (χ0v) is 14.4. The summed E-state index contributed by atoms with van der Waals surface area (Å²) in [7, 11) is 0. The average Bonchev–Trinajstić information content (AvgIpc) is 2.30. The molecular formula is C15H27IO2. The van der Waals surface area contributed by atoms with Gasteiger partial charge in [0.1, 0.15) is 0 Å². The molecule has 0 aromatic carbocycles. The standard InChI is InChI=1S/C15H27IO2/c1-6-8-11(2)14-12(3)13(9-7-10-16)17-15(4,5)18-14/h7,10-14H,6,8-9H2,1-5H3/b10-7+/t11-,12-,13-,14+/m1/s1. The Morgan fingerprint density at radius 3 is 2.56 bits per heavy atom. The molecule has 0 amide bonds. The van der Waals surface area contributed by atoms with Crippen molar-refractivity contribution in [1.29, 1.82) is 0 Å². The number of ether oxygens (including phenoxy) is 2. The Morgan fingerprint density at radius 1 is 1.33 bits per heavy atom. The highest BCUT2D eigenvalue weighted by Gasteiger charge is 2.42. The van der Waals surface area contributed by atoms with Crippen LogP contribution in [0.4, 0.5) is 0 Å². The van der Waals surface area contributed by atoms with Crippen molar-refractivity contribution in [2.24, 2.45) is 11.8 Å². The van der Waals surface area contributed by atoms with Crippen molar-refractivity contribution in [2.75, 3.05) is 0 Å². The lowest BCUT2D eigenvalue weighted by Gasteiger charge is -2.47. The van der Waals surface area contributed by atoms with Gasteiger partial charge >= 0.3 is 0 Å². The first kappa shape index (κ1) is 16.4. The monoisotopic (exact) mass is 366 g/mol. The number of halogens is 1. The van der Waals surface area contributed by atoms with Gasteiger partial charge in [0, 0.05) is 5.92 Å². The lowest BCUT2D eigenvalue weighted by Crippen LogP contribution is -2.52. The first-order chi connectivity index (χ1) is 8.41. The molecular weight excluding hydrogens is 339 g/mol. The zero-order valence-electron chi connectivity index (χ0n) is 12.3. The van der Waals surface area contributed by atoms with E-state index in [1.807, 2.05) is 13.8 Å². The van der Waals surface area contributed by atoms with E-state index in [9.17, 15) is 0 Å². The van der Waals surface area contributed by atoms with Crippen molar-refractivity contribution in [3.8, 4) is 0 Å². The van der Waals surface area contributed by atoms with Gasteiger partial charge < -0.3 is 9.47 Å². The molecule has 4 atom stereocenters. The van der Waals surface area contributed by atoms with E-state index in [-0.39, 0.29) is 6.10 Å². The lowest BCUT2D eigenvalue weighted by atomic mass is 9.84. The van der Waals surface area contributed by atoms with Gasteiger partial charge in [0.15, 0.2) is 5.79 Å². The fourth-order valence-corrected chi connectivity index (χ4v) is 3.14. The van der Waals surface area contributed by atoms with E-state index in [1.54, 1.807) is 0 Å². The smallest absolute Gasteiger partial charge is 0.163 e. The van der Waals surface area contributed by atoms with Gasteiger partial charge in [-0.05, 0) is 36.7 Å². The molecule has 1 saturated heterocycles. The fourth-order valence-electron chi connectivity index (χ4n) is 2.85. The topological polar surface area (TPSA) is 18.5 Å². The molecule has 0 radical (unpaired) electrons. The maximum Gasteiger partial charge on any atom is 0.163 e. The van der Waals surface area contributed by atoms with Gasteiger partial charge in [0.05, 0.1) is 12.2 Å². The largest absolute Gasteiger partial charge is 0.347 e. The number of rotatable bonds is 5. The van der Waals surface area contributed by atoms with E-state index in [2.05, 4.69) is 53.5 Å². The van der Waals surface area contributed by atoms with Crippen LogP contribution >= 0.6 is 22.6 Å². The summed E-state index contributed by atoms with van der Waals surface area (Å²) in [5.41, 5.74) is 0. The second kappa shape index (κ2) is 7.25. The molecule has 0 bridgehead atoms. The van der Waals surface area contributed by atoms with E-state index in [0.29, 0.717) is 17.9 Å². The highest BCUT2D eigenvalue weighted by atomic mass is 127. The van der Waals surface area contributed by atoms with E-state index in [4.69, 9.17) is 9.47 Å². The highest BCUT2D eigenvalue weighted by Crippen LogP contribution is 2.37. The van der Waals surface area contributed by atoms with Crippen molar-refractivity contribution in [3.63, 3.8) is 0 Å². The third kappa shape index (κ3) is 4.49. The summed E-state index contributed by atoms with van der Waals surface area (Å²) in [5, 5.41) is 0. The minimum Gasteiger partial charge on any atom is -0.347 e. The Labute approximate surface area is 126 Å². The van der Waals surface area contributed by atoms with Gasteiger partial charge in [-0.3, -0.25) is 0 Å². The van der Waals surface area contributed by atoms with E-state index < -0.39 is 5.79 Å². The minimum absolute atomic E-state index is 0.268. The minimum atomic E-state index is -0.455. The summed E-state index contributed by atoms with van der Waals surface area (Å²) in [6.45, 7) is 10.9. The second-order valence-corrected chi connectivity index (χ2v) is 6.58. The van der Waals surface area contributed by atoms with Crippen molar-refractivity contribution in [2.45, 2.75) is 71.9 Å². The molecule has 1 heterocycles. The highest BCUT2D eigenvalue weighted by molar-refractivity contribution is 14.1. The Morgan fingerprint density at radius 2 is 2.00 bits per heavy atom. The Bertz CT molecular complexity index is 276. The van der Waals surface area contributed by atoms with Crippen LogP contribution in [-0.2, 0) is 9.47 Å². The molecule has 106 valence electrons. The molecule has 0 unspecified atom stereocenters. The van der Waals surface area contributed by atoms with Crippen molar-refractivity contribution in [1.82, 2.24) is 0 Å². The van der Waals surface area contributed by atoms with Crippen LogP contribution in [0.5, 0.6) is 0 Å². The normalized spacial score (nSPS) is 33.8. The SMILES string of the molecule is CCC[C@@H](C)[C@@H]1OC(C)(C)O[C@H](C/C=C/I)[C@H]1C. The molecule has 0 aromatic rings. The third-order valence-corrected chi connectivity index (χ3v) is 4.23. The summed E-state index contributed by atoms with van der Waals surface area (Å²) >= 11 is 2.26. The molecule has 0 spiro atoms. The zero-order chi connectivity index (χ0) is 13.8. The van der Waals surface area contributed by atoms with Crippen LogP contribution in [-0.4, -0.2) is 18.0 Å².